The summed E-state index contributed by atoms with van der Waals surface area (Å²) >= 11 is 0. The van der Waals surface area contributed by atoms with Crippen LogP contribution >= 0.6 is 0 Å². The third-order valence-electron chi connectivity index (χ3n) is 5.41. The number of nitrogens with one attached hydrogen (secondary N) is 1. The normalized spacial score (nSPS) is 21.2. The Hall–Kier alpha value is -3.30. The third kappa shape index (κ3) is 2.72. The summed E-state index contributed by atoms with van der Waals surface area (Å²) in [6.07, 6.45) is 6.86. The molecule has 0 saturated heterocycles. The number of carbonyl (C=O) groups excluding carboxylic acids is 1. The van der Waals surface area contributed by atoms with Crippen LogP contribution in [0, 0.1) is 22.7 Å². The van der Waals surface area contributed by atoms with Crippen molar-refractivity contribution in [3.8, 4) is 11.8 Å². The summed E-state index contributed by atoms with van der Waals surface area (Å²) in [5.74, 6) is -1.28. The Morgan fingerprint density at radius 3 is 2.93 bits per heavy atom. The average Bonchev–Trinajstić information content (AvgIpc) is 3.13. The second kappa shape index (κ2) is 7.02. The van der Waals surface area contributed by atoms with Crippen LogP contribution in [0.5, 0.6) is 0 Å². The zero-order valence-corrected chi connectivity index (χ0v) is 15.5. The highest BCUT2D eigenvalue weighted by molar-refractivity contribution is 6.47. The van der Waals surface area contributed by atoms with Crippen LogP contribution in [0.3, 0.4) is 0 Å². The van der Waals surface area contributed by atoms with Crippen molar-refractivity contribution in [2.75, 3.05) is 0 Å². The van der Waals surface area contributed by atoms with E-state index in [2.05, 4.69) is 5.10 Å². The summed E-state index contributed by atoms with van der Waals surface area (Å²) in [4.78, 5) is 12.9. The van der Waals surface area contributed by atoms with Crippen LogP contribution in [0.2, 0.25) is 0 Å². The summed E-state index contributed by atoms with van der Waals surface area (Å²) in [7, 11) is 0. The highest BCUT2D eigenvalue weighted by Gasteiger charge is 2.44. The quantitative estimate of drug-likeness (QED) is 0.863. The van der Waals surface area contributed by atoms with E-state index in [1.165, 1.54) is 4.68 Å². The number of allylic oxidation sites excluding steroid dienone is 3. The number of ketones is 1. The second-order valence-electron chi connectivity index (χ2n) is 7.03. The lowest BCUT2D eigenvalue weighted by atomic mass is 9.75. The maximum atomic E-state index is 12.9. The van der Waals surface area contributed by atoms with Gasteiger partial charge >= 0.3 is 0 Å². The molecule has 2 aliphatic rings. The number of aliphatic hydroxyl groups excluding tert-OH is 1. The molecule has 0 aliphatic heterocycles. The van der Waals surface area contributed by atoms with Crippen molar-refractivity contribution < 1.29 is 9.90 Å². The molecule has 2 atom stereocenters. The van der Waals surface area contributed by atoms with Gasteiger partial charge in [0.15, 0.2) is 11.5 Å². The van der Waals surface area contributed by atoms with E-state index in [1.807, 2.05) is 55.5 Å². The average molecular weight is 372 g/mol. The summed E-state index contributed by atoms with van der Waals surface area (Å²) < 4.78 is 1.52. The first-order valence-electron chi connectivity index (χ1n) is 9.36. The van der Waals surface area contributed by atoms with Gasteiger partial charge < -0.3 is 5.11 Å². The molecule has 2 unspecified atom stereocenters. The van der Waals surface area contributed by atoms with Gasteiger partial charge in [0.25, 0.3) is 0 Å². The fraction of sp³-hybridized carbons (Fsp3) is 0.273. The van der Waals surface area contributed by atoms with E-state index in [9.17, 15) is 15.2 Å². The molecule has 6 nitrogen and oxygen atoms in total. The van der Waals surface area contributed by atoms with E-state index in [1.54, 1.807) is 0 Å². The standard InChI is InChI=1S/C22H20N4O2/c1-2-13-7-6-10-15(11-13)26-20-18(16(12-23)25-26)19(24)21(27)17(22(20)28)14-8-4-3-5-9-14/h3-4,6-8,10-11,17,22,24,28H,2,5,9H2,1H3. The van der Waals surface area contributed by atoms with Crippen LogP contribution < -0.4 is 0 Å². The zero-order chi connectivity index (χ0) is 19.8. The minimum Gasteiger partial charge on any atom is -0.386 e. The highest BCUT2D eigenvalue weighted by atomic mass is 16.3. The Balaban J connectivity index is 1.92. The predicted molar refractivity (Wildman–Crippen MR) is 104 cm³/mol. The van der Waals surface area contributed by atoms with Crippen LogP contribution in [0.4, 0.5) is 0 Å². The van der Waals surface area contributed by atoms with Gasteiger partial charge in [0.05, 0.1) is 22.9 Å². The Morgan fingerprint density at radius 2 is 2.25 bits per heavy atom. The lowest BCUT2D eigenvalue weighted by Crippen LogP contribution is -2.37. The van der Waals surface area contributed by atoms with Gasteiger partial charge in [0.2, 0.25) is 0 Å². The van der Waals surface area contributed by atoms with Gasteiger partial charge in [-0.3, -0.25) is 10.2 Å². The van der Waals surface area contributed by atoms with E-state index in [4.69, 9.17) is 5.41 Å². The number of fused-ring (bicyclic) bond motifs is 1. The molecule has 0 fully saturated rings. The fourth-order valence-corrected chi connectivity index (χ4v) is 3.97. The Labute approximate surface area is 162 Å². The minimum atomic E-state index is -1.16. The molecule has 1 aromatic carbocycles. The Bertz CT molecular complexity index is 1080. The van der Waals surface area contributed by atoms with Crippen molar-refractivity contribution in [1.29, 1.82) is 10.7 Å². The molecule has 1 heterocycles. The number of nitriles is 1. The first-order chi connectivity index (χ1) is 13.6. The van der Waals surface area contributed by atoms with Crippen molar-refractivity contribution in [3.05, 3.63) is 70.6 Å². The number of carbonyl (C=O) groups is 1. The molecule has 0 saturated carbocycles. The second-order valence-corrected chi connectivity index (χ2v) is 7.03. The molecule has 28 heavy (non-hydrogen) atoms. The topological polar surface area (TPSA) is 103 Å². The van der Waals surface area contributed by atoms with Gasteiger partial charge in [-0.15, -0.1) is 0 Å². The number of aliphatic hydroxyl groups is 1. The molecule has 2 N–H and O–H groups in total. The number of aryl methyl sites for hydroxylation is 1. The summed E-state index contributed by atoms with van der Waals surface area (Å²) in [5, 5.41) is 33.5. The molecule has 0 bridgehead atoms. The Morgan fingerprint density at radius 1 is 1.43 bits per heavy atom. The highest BCUT2D eigenvalue weighted by Crippen LogP contribution is 2.40. The van der Waals surface area contributed by atoms with Gasteiger partial charge in [0, 0.05) is 0 Å². The Kier molecular flexibility index (Phi) is 4.54. The molecule has 0 spiro atoms. The van der Waals surface area contributed by atoms with Crippen LogP contribution in [0.15, 0.2) is 48.1 Å². The van der Waals surface area contributed by atoms with E-state index >= 15 is 0 Å². The number of hydrogen-bond acceptors (Lipinski definition) is 5. The van der Waals surface area contributed by atoms with Crippen molar-refractivity contribution in [3.63, 3.8) is 0 Å². The van der Waals surface area contributed by atoms with E-state index < -0.39 is 17.8 Å². The molecule has 6 heteroatoms. The molecule has 140 valence electrons. The lowest BCUT2D eigenvalue weighted by Gasteiger charge is -2.30. The molecule has 0 amide bonds. The maximum Gasteiger partial charge on any atom is 0.191 e. The van der Waals surface area contributed by atoms with Crippen molar-refractivity contribution in [2.45, 2.75) is 32.3 Å². The number of hydrogen-bond donors (Lipinski definition) is 2. The first-order valence-corrected chi connectivity index (χ1v) is 9.36. The van der Waals surface area contributed by atoms with Crippen molar-refractivity contribution in [2.24, 2.45) is 5.92 Å². The van der Waals surface area contributed by atoms with Crippen LogP contribution in [0.1, 0.15) is 48.4 Å². The number of aromatic nitrogens is 2. The molecule has 2 aromatic rings. The van der Waals surface area contributed by atoms with Gasteiger partial charge in [-0.25, -0.2) is 4.68 Å². The van der Waals surface area contributed by atoms with Crippen molar-refractivity contribution >= 4 is 11.5 Å². The van der Waals surface area contributed by atoms with Gasteiger partial charge in [-0.1, -0.05) is 42.9 Å². The smallest absolute Gasteiger partial charge is 0.191 e. The maximum absolute atomic E-state index is 12.9. The van der Waals surface area contributed by atoms with Crippen molar-refractivity contribution in [1.82, 2.24) is 9.78 Å². The first kappa shape index (κ1) is 18.1. The van der Waals surface area contributed by atoms with Crippen LogP contribution in [0.25, 0.3) is 5.69 Å². The summed E-state index contributed by atoms with van der Waals surface area (Å²) in [5.41, 5.74) is 2.83. The third-order valence-corrected chi connectivity index (χ3v) is 5.41. The lowest BCUT2D eigenvalue weighted by molar-refractivity contribution is -0.119. The monoisotopic (exact) mass is 372 g/mol. The number of rotatable bonds is 3. The SMILES string of the molecule is CCc1cccc(-n2nc(C#N)c3c2C(O)C(C2=CC=CCC2)C(=O)C3=N)c1. The van der Waals surface area contributed by atoms with E-state index in [0.717, 1.165) is 24.0 Å². The van der Waals surface area contributed by atoms with E-state index in [0.29, 0.717) is 17.8 Å². The van der Waals surface area contributed by atoms with Gasteiger partial charge in [-0.2, -0.15) is 10.4 Å². The molecular weight excluding hydrogens is 352 g/mol. The predicted octanol–water partition coefficient (Wildman–Crippen LogP) is 3.18. The molecule has 2 aliphatic carbocycles. The van der Waals surface area contributed by atoms with E-state index in [-0.39, 0.29) is 17.0 Å². The number of benzene rings is 1. The fourth-order valence-electron chi connectivity index (χ4n) is 3.97. The minimum absolute atomic E-state index is 0.00901. The summed E-state index contributed by atoms with van der Waals surface area (Å²) in [6.45, 7) is 2.04. The molecule has 0 radical (unpaired) electrons. The van der Waals surface area contributed by atoms with Crippen LogP contribution in [-0.4, -0.2) is 26.4 Å². The van der Waals surface area contributed by atoms with Gasteiger partial charge in [-0.05, 0) is 37.0 Å². The number of nitrogens with zero attached hydrogens (tertiary/aromatic N) is 3. The molecular formula is C22H20N4O2. The number of Topliss-reactive ketones (excluding diaryl/α,β-unsaturated/α-hetero) is 1. The largest absolute Gasteiger partial charge is 0.386 e. The van der Waals surface area contributed by atoms with Gasteiger partial charge in [0.1, 0.15) is 17.9 Å². The molecule has 4 rings (SSSR count). The van der Waals surface area contributed by atoms with Crippen LogP contribution in [-0.2, 0) is 11.2 Å². The zero-order valence-electron chi connectivity index (χ0n) is 15.5. The molecule has 1 aromatic heterocycles. The summed E-state index contributed by atoms with van der Waals surface area (Å²) in [6, 6.07) is 9.66.